The first-order chi connectivity index (χ1) is 9.70. The normalized spacial score (nSPS) is 14.8. The van der Waals surface area contributed by atoms with Crippen LogP contribution in [0.2, 0.25) is 0 Å². The van der Waals surface area contributed by atoms with E-state index in [1.54, 1.807) is 0 Å². The minimum atomic E-state index is -4.16. The van der Waals surface area contributed by atoms with Crippen LogP contribution in [0.4, 0.5) is 5.69 Å². The number of sulfonamides is 1. The highest BCUT2D eigenvalue weighted by molar-refractivity contribution is 7.89. The van der Waals surface area contributed by atoms with Crippen molar-refractivity contribution in [2.75, 3.05) is 6.61 Å². The monoisotopic (exact) mass is 314 g/mol. The number of hydrogen-bond donors (Lipinski definition) is 1. The summed E-state index contributed by atoms with van der Waals surface area (Å²) in [5.74, 6) is -0.460. The summed E-state index contributed by atoms with van der Waals surface area (Å²) in [6.45, 7) is 1.59. The first-order valence-electron chi connectivity index (χ1n) is 6.19. The molecule has 1 fully saturated rings. The van der Waals surface area contributed by atoms with E-state index in [1.807, 2.05) is 0 Å². The number of nitrogens with two attached hydrogens (primary N) is 1. The van der Waals surface area contributed by atoms with Crippen LogP contribution < -0.4 is 5.14 Å². The first kappa shape index (κ1) is 15.4. The molecular formula is C12H14N2O6S. The van der Waals surface area contributed by atoms with Gasteiger partial charge in [0.15, 0.2) is 0 Å². The molecule has 0 saturated heterocycles. The Bertz CT molecular complexity index is 709. The van der Waals surface area contributed by atoms with Gasteiger partial charge in [-0.15, -0.1) is 0 Å². The van der Waals surface area contributed by atoms with Crippen molar-refractivity contribution < 1.29 is 22.9 Å². The standard InChI is InChI=1S/C12H14N2O6S/c1-7-10(12(15)20-6-8-2-3-8)4-9(21(13,18)19)5-11(7)14(16)17/h4-5,8H,2-3,6H2,1H3,(H2,13,18,19). The average Bonchev–Trinajstić information content (AvgIpc) is 3.18. The summed E-state index contributed by atoms with van der Waals surface area (Å²) >= 11 is 0. The van der Waals surface area contributed by atoms with E-state index < -0.39 is 31.5 Å². The van der Waals surface area contributed by atoms with Crippen molar-refractivity contribution in [3.05, 3.63) is 33.4 Å². The van der Waals surface area contributed by atoms with Gasteiger partial charge in [0, 0.05) is 11.6 Å². The second kappa shape index (κ2) is 5.41. The van der Waals surface area contributed by atoms with Crippen LogP contribution in [0.15, 0.2) is 17.0 Å². The Morgan fingerprint density at radius 3 is 2.57 bits per heavy atom. The van der Waals surface area contributed by atoms with Crippen LogP contribution in [0.3, 0.4) is 0 Å². The lowest BCUT2D eigenvalue weighted by atomic mass is 10.1. The zero-order valence-electron chi connectivity index (χ0n) is 11.2. The molecule has 0 spiro atoms. The number of rotatable bonds is 5. The fraction of sp³-hybridized carbons (Fsp3) is 0.417. The number of nitrogens with zero attached hydrogens (tertiary/aromatic N) is 1. The van der Waals surface area contributed by atoms with Gasteiger partial charge in [-0.25, -0.2) is 18.4 Å². The van der Waals surface area contributed by atoms with Crippen molar-refractivity contribution in [1.29, 1.82) is 0 Å². The molecule has 21 heavy (non-hydrogen) atoms. The third kappa shape index (κ3) is 3.56. The summed E-state index contributed by atoms with van der Waals surface area (Å²) in [7, 11) is -4.16. The van der Waals surface area contributed by atoms with E-state index in [2.05, 4.69) is 0 Å². The summed E-state index contributed by atoms with van der Waals surface area (Å²) < 4.78 is 27.8. The number of nitro groups is 1. The minimum Gasteiger partial charge on any atom is -0.462 e. The summed E-state index contributed by atoms with van der Waals surface area (Å²) in [5.41, 5.74) is -0.595. The number of esters is 1. The molecule has 0 amide bonds. The molecule has 0 aliphatic heterocycles. The van der Waals surface area contributed by atoms with E-state index in [9.17, 15) is 23.3 Å². The van der Waals surface area contributed by atoms with Crippen molar-refractivity contribution in [3.8, 4) is 0 Å². The number of ether oxygens (including phenoxy) is 1. The number of hydrogen-bond acceptors (Lipinski definition) is 6. The average molecular weight is 314 g/mol. The maximum Gasteiger partial charge on any atom is 0.338 e. The molecule has 0 aromatic heterocycles. The highest BCUT2D eigenvalue weighted by atomic mass is 32.2. The van der Waals surface area contributed by atoms with Gasteiger partial charge in [-0.2, -0.15) is 0 Å². The SMILES string of the molecule is Cc1c(C(=O)OCC2CC2)cc(S(N)(=O)=O)cc1[N+](=O)[O-]. The lowest BCUT2D eigenvalue weighted by Gasteiger charge is -2.09. The topological polar surface area (TPSA) is 130 Å². The Morgan fingerprint density at radius 1 is 1.48 bits per heavy atom. The van der Waals surface area contributed by atoms with Crippen molar-refractivity contribution >= 4 is 21.7 Å². The lowest BCUT2D eigenvalue weighted by Crippen LogP contribution is -2.16. The molecule has 1 aromatic carbocycles. The zero-order valence-corrected chi connectivity index (χ0v) is 12.1. The van der Waals surface area contributed by atoms with Crippen LogP contribution in [0.5, 0.6) is 0 Å². The third-order valence-corrected chi connectivity index (χ3v) is 4.14. The molecule has 0 heterocycles. The van der Waals surface area contributed by atoms with Crippen LogP contribution in [0, 0.1) is 23.0 Å². The third-order valence-electron chi connectivity index (χ3n) is 3.25. The molecule has 1 aliphatic rings. The molecule has 0 atom stereocenters. The van der Waals surface area contributed by atoms with Crippen molar-refractivity contribution in [3.63, 3.8) is 0 Å². The summed E-state index contributed by atoms with van der Waals surface area (Å²) in [6, 6.07) is 1.84. The lowest BCUT2D eigenvalue weighted by molar-refractivity contribution is -0.385. The first-order valence-corrected chi connectivity index (χ1v) is 7.73. The number of nitro benzene ring substituents is 1. The van der Waals surface area contributed by atoms with Crippen LogP contribution in [0.1, 0.15) is 28.8 Å². The molecule has 1 saturated carbocycles. The van der Waals surface area contributed by atoms with E-state index in [-0.39, 0.29) is 17.7 Å². The van der Waals surface area contributed by atoms with Crippen LogP contribution in [0.25, 0.3) is 0 Å². The summed E-state index contributed by atoms with van der Waals surface area (Å²) in [6.07, 6.45) is 1.95. The summed E-state index contributed by atoms with van der Waals surface area (Å²) in [5, 5.41) is 15.9. The zero-order chi connectivity index (χ0) is 15.8. The molecule has 114 valence electrons. The maximum absolute atomic E-state index is 12.0. The van der Waals surface area contributed by atoms with Gasteiger partial charge in [0.05, 0.1) is 22.0 Å². The molecule has 1 aliphatic carbocycles. The van der Waals surface area contributed by atoms with Crippen LogP contribution in [-0.4, -0.2) is 25.9 Å². The van der Waals surface area contributed by atoms with Gasteiger partial charge in [0.2, 0.25) is 10.0 Å². The van der Waals surface area contributed by atoms with Gasteiger partial charge < -0.3 is 4.74 Å². The van der Waals surface area contributed by atoms with Gasteiger partial charge in [0.1, 0.15) is 0 Å². The Morgan fingerprint density at radius 2 is 2.10 bits per heavy atom. The molecule has 9 heteroatoms. The predicted octanol–water partition coefficient (Wildman–Crippen LogP) is 1.12. The van der Waals surface area contributed by atoms with E-state index in [1.165, 1.54) is 6.92 Å². The van der Waals surface area contributed by atoms with Crippen LogP contribution in [-0.2, 0) is 14.8 Å². The van der Waals surface area contributed by atoms with Crippen molar-refractivity contribution in [2.45, 2.75) is 24.7 Å². The molecule has 2 N–H and O–H groups in total. The largest absolute Gasteiger partial charge is 0.462 e. The molecule has 2 rings (SSSR count). The molecular weight excluding hydrogens is 300 g/mol. The Balaban J connectivity index is 2.44. The molecule has 0 radical (unpaired) electrons. The molecule has 1 aromatic rings. The Kier molecular flexibility index (Phi) is 3.97. The van der Waals surface area contributed by atoms with E-state index in [0.29, 0.717) is 5.92 Å². The highest BCUT2D eigenvalue weighted by Gasteiger charge is 2.27. The van der Waals surface area contributed by atoms with Gasteiger partial charge >= 0.3 is 5.97 Å². The van der Waals surface area contributed by atoms with Crippen LogP contribution >= 0.6 is 0 Å². The van der Waals surface area contributed by atoms with E-state index in [4.69, 9.17) is 9.88 Å². The molecule has 8 nitrogen and oxygen atoms in total. The highest BCUT2D eigenvalue weighted by Crippen LogP contribution is 2.30. The maximum atomic E-state index is 12.0. The van der Waals surface area contributed by atoms with Crippen molar-refractivity contribution in [2.24, 2.45) is 11.1 Å². The molecule has 0 bridgehead atoms. The second-order valence-electron chi connectivity index (χ2n) is 4.96. The predicted molar refractivity (Wildman–Crippen MR) is 72.2 cm³/mol. The van der Waals surface area contributed by atoms with Gasteiger partial charge in [-0.3, -0.25) is 10.1 Å². The van der Waals surface area contributed by atoms with E-state index >= 15 is 0 Å². The number of carbonyl (C=O) groups is 1. The Hall–Kier alpha value is -2.00. The fourth-order valence-corrected chi connectivity index (χ4v) is 2.35. The van der Waals surface area contributed by atoms with Gasteiger partial charge in [0.25, 0.3) is 5.69 Å². The second-order valence-corrected chi connectivity index (χ2v) is 6.52. The number of primary sulfonamides is 1. The fourth-order valence-electron chi connectivity index (χ4n) is 1.79. The minimum absolute atomic E-state index is 0.0493. The molecule has 0 unspecified atom stereocenters. The van der Waals surface area contributed by atoms with Crippen molar-refractivity contribution in [1.82, 2.24) is 0 Å². The number of carbonyl (C=O) groups excluding carboxylic acids is 1. The van der Waals surface area contributed by atoms with Gasteiger partial charge in [-0.1, -0.05) is 0 Å². The quantitative estimate of drug-likeness (QED) is 0.492. The van der Waals surface area contributed by atoms with E-state index in [0.717, 1.165) is 25.0 Å². The number of benzene rings is 1. The summed E-state index contributed by atoms with van der Waals surface area (Å²) in [4.78, 5) is 21.7. The Labute approximate surface area is 121 Å². The van der Waals surface area contributed by atoms with Gasteiger partial charge in [-0.05, 0) is 31.7 Å². The smallest absolute Gasteiger partial charge is 0.338 e.